The molecule has 0 aliphatic rings. The van der Waals surface area contributed by atoms with Crippen molar-refractivity contribution in [1.82, 2.24) is 5.32 Å². The lowest BCUT2D eigenvalue weighted by atomic mass is 10.0. The Balaban J connectivity index is 2.82. The summed E-state index contributed by atoms with van der Waals surface area (Å²) in [7, 11) is 0. The molecule has 2 N–H and O–H groups in total. The fraction of sp³-hybridized carbons (Fsp3) is 0.538. The van der Waals surface area contributed by atoms with Crippen LogP contribution in [0.15, 0.2) is 18.2 Å². The quantitative estimate of drug-likeness (QED) is 0.812. The topological polar surface area (TPSA) is 32.3 Å². The van der Waals surface area contributed by atoms with E-state index in [-0.39, 0.29) is 30.7 Å². The molecule has 0 radical (unpaired) electrons. The maximum absolute atomic E-state index is 13.1. The van der Waals surface area contributed by atoms with Crippen molar-refractivity contribution in [2.45, 2.75) is 32.6 Å². The standard InChI is InChI=1S/C13H17F4NO/c1-8(2)12(7-19)18-6-9-3-10(13(15,16)17)5-11(14)4-9/h3-5,8,12,18-19H,6-7H2,1-2H3. The number of hydrogen-bond acceptors (Lipinski definition) is 2. The van der Waals surface area contributed by atoms with Crippen LogP contribution in [0.2, 0.25) is 0 Å². The highest BCUT2D eigenvalue weighted by molar-refractivity contribution is 5.26. The van der Waals surface area contributed by atoms with Crippen molar-refractivity contribution in [2.75, 3.05) is 6.61 Å². The maximum atomic E-state index is 13.1. The van der Waals surface area contributed by atoms with Gasteiger partial charge >= 0.3 is 6.18 Å². The third kappa shape index (κ3) is 4.80. The van der Waals surface area contributed by atoms with Crippen molar-refractivity contribution in [3.05, 3.63) is 35.1 Å². The molecule has 1 atom stereocenters. The molecule has 0 heterocycles. The Hall–Kier alpha value is -1.14. The van der Waals surface area contributed by atoms with Crippen LogP contribution in [0, 0.1) is 11.7 Å². The number of aliphatic hydroxyl groups is 1. The van der Waals surface area contributed by atoms with E-state index in [0.717, 1.165) is 12.1 Å². The van der Waals surface area contributed by atoms with Crippen molar-refractivity contribution >= 4 is 0 Å². The second-order valence-corrected chi connectivity index (χ2v) is 4.76. The van der Waals surface area contributed by atoms with Crippen LogP contribution < -0.4 is 5.32 Å². The van der Waals surface area contributed by atoms with Crippen LogP contribution in [0.4, 0.5) is 17.6 Å². The van der Waals surface area contributed by atoms with Crippen molar-refractivity contribution in [2.24, 2.45) is 5.92 Å². The lowest BCUT2D eigenvalue weighted by Crippen LogP contribution is -2.36. The fourth-order valence-electron chi connectivity index (χ4n) is 1.68. The number of benzene rings is 1. The molecule has 0 bridgehead atoms. The molecule has 0 saturated heterocycles. The van der Waals surface area contributed by atoms with Crippen LogP contribution >= 0.6 is 0 Å². The van der Waals surface area contributed by atoms with Gasteiger partial charge in [0.1, 0.15) is 5.82 Å². The van der Waals surface area contributed by atoms with E-state index < -0.39 is 17.6 Å². The molecule has 19 heavy (non-hydrogen) atoms. The Morgan fingerprint density at radius 3 is 2.32 bits per heavy atom. The first kappa shape index (κ1) is 15.9. The van der Waals surface area contributed by atoms with E-state index in [0.29, 0.717) is 6.07 Å². The monoisotopic (exact) mass is 279 g/mol. The zero-order valence-electron chi connectivity index (χ0n) is 10.8. The number of hydrogen-bond donors (Lipinski definition) is 2. The molecule has 0 fully saturated rings. The van der Waals surface area contributed by atoms with Crippen LogP contribution in [0.1, 0.15) is 25.0 Å². The fourth-order valence-corrected chi connectivity index (χ4v) is 1.68. The molecule has 2 nitrogen and oxygen atoms in total. The summed E-state index contributed by atoms with van der Waals surface area (Å²) in [5.41, 5.74) is -0.805. The Morgan fingerprint density at radius 1 is 1.21 bits per heavy atom. The third-order valence-corrected chi connectivity index (χ3v) is 2.85. The largest absolute Gasteiger partial charge is 0.416 e. The van der Waals surface area contributed by atoms with E-state index in [4.69, 9.17) is 5.11 Å². The SMILES string of the molecule is CC(C)C(CO)NCc1cc(F)cc(C(F)(F)F)c1. The highest BCUT2D eigenvalue weighted by Crippen LogP contribution is 2.30. The predicted octanol–water partition coefficient (Wildman–Crippen LogP) is 2.95. The molecule has 0 amide bonds. The molecular formula is C13H17F4NO. The molecular weight excluding hydrogens is 262 g/mol. The van der Waals surface area contributed by atoms with Gasteiger partial charge in [-0.3, -0.25) is 0 Å². The number of alkyl halides is 3. The summed E-state index contributed by atoms with van der Waals surface area (Å²) in [5, 5.41) is 12.0. The molecule has 0 saturated carbocycles. The smallest absolute Gasteiger partial charge is 0.395 e. The Labute approximate surface area is 109 Å². The van der Waals surface area contributed by atoms with Crippen LogP contribution in [-0.4, -0.2) is 17.8 Å². The van der Waals surface area contributed by atoms with Gasteiger partial charge in [0, 0.05) is 12.6 Å². The van der Waals surface area contributed by atoms with Crippen molar-refractivity contribution in [3.63, 3.8) is 0 Å². The van der Waals surface area contributed by atoms with Gasteiger partial charge in [0.25, 0.3) is 0 Å². The minimum absolute atomic E-state index is 0.0737. The highest BCUT2D eigenvalue weighted by atomic mass is 19.4. The van der Waals surface area contributed by atoms with Gasteiger partial charge < -0.3 is 10.4 Å². The van der Waals surface area contributed by atoms with Crippen LogP contribution in [0.25, 0.3) is 0 Å². The summed E-state index contributed by atoms with van der Waals surface area (Å²) in [4.78, 5) is 0. The van der Waals surface area contributed by atoms with Gasteiger partial charge in [-0.15, -0.1) is 0 Å². The minimum Gasteiger partial charge on any atom is -0.395 e. The van der Waals surface area contributed by atoms with Gasteiger partial charge in [-0.2, -0.15) is 13.2 Å². The minimum atomic E-state index is -4.56. The highest BCUT2D eigenvalue weighted by Gasteiger charge is 2.31. The maximum Gasteiger partial charge on any atom is 0.416 e. The summed E-state index contributed by atoms with van der Waals surface area (Å²) in [5.74, 6) is -0.794. The molecule has 0 spiro atoms. The molecule has 0 aliphatic carbocycles. The lowest BCUT2D eigenvalue weighted by Gasteiger charge is -2.20. The third-order valence-electron chi connectivity index (χ3n) is 2.85. The van der Waals surface area contributed by atoms with E-state index in [9.17, 15) is 17.6 Å². The number of aliphatic hydroxyl groups excluding tert-OH is 1. The molecule has 1 unspecified atom stereocenters. The first-order valence-electron chi connectivity index (χ1n) is 5.95. The summed E-state index contributed by atoms with van der Waals surface area (Å²) in [6, 6.07) is 2.19. The Kier molecular flexibility index (Phi) is 5.31. The van der Waals surface area contributed by atoms with Crippen molar-refractivity contribution in [3.8, 4) is 0 Å². The van der Waals surface area contributed by atoms with Crippen molar-refractivity contribution in [1.29, 1.82) is 0 Å². The Bertz CT molecular complexity index is 418. The Morgan fingerprint density at radius 2 is 1.84 bits per heavy atom. The molecule has 6 heteroatoms. The van der Waals surface area contributed by atoms with Gasteiger partial charge in [-0.1, -0.05) is 13.8 Å². The zero-order chi connectivity index (χ0) is 14.6. The average molecular weight is 279 g/mol. The summed E-state index contributed by atoms with van der Waals surface area (Å²) in [6.45, 7) is 3.70. The number of nitrogens with one attached hydrogen (secondary N) is 1. The second kappa shape index (κ2) is 6.34. The number of rotatable bonds is 5. The summed E-state index contributed by atoms with van der Waals surface area (Å²) >= 11 is 0. The van der Waals surface area contributed by atoms with E-state index >= 15 is 0 Å². The van der Waals surface area contributed by atoms with Gasteiger partial charge in [-0.25, -0.2) is 4.39 Å². The average Bonchev–Trinajstić information content (AvgIpc) is 2.27. The summed E-state index contributed by atoms with van der Waals surface area (Å²) in [6.07, 6.45) is -4.56. The molecule has 0 aromatic heterocycles. The van der Waals surface area contributed by atoms with E-state index in [1.54, 1.807) is 0 Å². The van der Waals surface area contributed by atoms with Crippen LogP contribution in [0.5, 0.6) is 0 Å². The van der Waals surface area contributed by atoms with E-state index in [2.05, 4.69) is 5.32 Å². The first-order chi connectivity index (χ1) is 8.74. The van der Waals surface area contributed by atoms with Gasteiger partial charge in [0.15, 0.2) is 0 Å². The van der Waals surface area contributed by atoms with Gasteiger partial charge in [0.05, 0.1) is 12.2 Å². The lowest BCUT2D eigenvalue weighted by molar-refractivity contribution is -0.137. The number of halogens is 4. The van der Waals surface area contributed by atoms with E-state index in [1.807, 2.05) is 13.8 Å². The van der Waals surface area contributed by atoms with Gasteiger partial charge in [0.2, 0.25) is 0 Å². The van der Waals surface area contributed by atoms with Crippen LogP contribution in [-0.2, 0) is 12.7 Å². The van der Waals surface area contributed by atoms with Gasteiger partial charge in [-0.05, 0) is 29.7 Å². The zero-order valence-corrected chi connectivity index (χ0v) is 10.8. The normalized spacial score (nSPS) is 13.9. The second-order valence-electron chi connectivity index (χ2n) is 4.76. The molecule has 1 rings (SSSR count). The molecule has 1 aromatic rings. The predicted molar refractivity (Wildman–Crippen MR) is 64.0 cm³/mol. The molecule has 0 aliphatic heterocycles. The van der Waals surface area contributed by atoms with E-state index in [1.165, 1.54) is 0 Å². The molecule has 1 aromatic carbocycles. The van der Waals surface area contributed by atoms with Crippen molar-refractivity contribution < 1.29 is 22.7 Å². The first-order valence-corrected chi connectivity index (χ1v) is 5.95. The summed E-state index contributed by atoms with van der Waals surface area (Å²) < 4.78 is 50.7. The molecule has 108 valence electrons. The van der Waals surface area contributed by atoms with Crippen LogP contribution in [0.3, 0.4) is 0 Å².